The van der Waals surface area contributed by atoms with Gasteiger partial charge in [0.2, 0.25) is 0 Å². The molecule has 1 atom stereocenters. The zero-order chi connectivity index (χ0) is 20.2. The van der Waals surface area contributed by atoms with E-state index in [-0.39, 0.29) is 18.1 Å². The van der Waals surface area contributed by atoms with Gasteiger partial charge in [0, 0.05) is 12.6 Å². The quantitative estimate of drug-likeness (QED) is 0.664. The molecular weight excluding hydrogens is 351 g/mol. The number of halogens is 3. The van der Waals surface area contributed by atoms with Gasteiger partial charge in [0.05, 0.1) is 5.56 Å². The molecule has 1 aliphatic rings. The summed E-state index contributed by atoms with van der Waals surface area (Å²) in [5.74, 6) is 0.386. The highest BCUT2D eigenvalue weighted by atomic mass is 19.4. The average Bonchev–Trinajstić information content (AvgIpc) is 2.60. The predicted molar refractivity (Wildman–Crippen MR) is 104 cm³/mol. The van der Waals surface area contributed by atoms with Crippen molar-refractivity contribution in [3.63, 3.8) is 0 Å². The number of aliphatic hydroxyl groups excluding tert-OH is 1. The Morgan fingerprint density at radius 3 is 2.07 bits per heavy atom. The van der Waals surface area contributed by atoms with Crippen LogP contribution in [0.3, 0.4) is 0 Å². The van der Waals surface area contributed by atoms with Crippen LogP contribution in [0.5, 0.6) is 0 Å². The average molecular weight is 383 g/mol. The van der Waals surface area contributed by atoms with Crippen molar-refractivity contribution < 1.29 is 18.3 Å². The zero-order valence-electron chi connectivity index (χ0n) is 16.8. The summed E-state index contributed by atoms with van der Waals surface area (Å²) in [6, 6.07) is 5.83. The largest absolute Gasteiger partial charge is 0.416 e. The van der Waals surface area contributed by atoms with Crippen LogP contribution in [0.1, 0.15) is 58.1 Å². The highest BCUT2D eigenvalue weighted by molar-refractivity contribution is 5.30. The first kappa shape index (κ1) is 22.0. The van der Waals surface area contributed by atoms with E-state index in [1.165, 1.54) is 17.7 Å². The van der Waals surface area contributed by atoms with Crippen molar-refractivity contribution in [2.45, 2.75) is 64.6 Å². The lowest BCUT2D eigenvalue weighted by molar-refractivity contribution is -0.137. The first-order chi connectivity index (χ1) is 12.5. The Morgan fingerprint density at radius 1 is 1.11 bits per heavy atom. The summed E-state index contributed by atoms with van der Waals surface area (Å²) in [4.78, 5) is 2.45. The Balaban J connectivity index is 2.16. The van der Waals surface area contributed by atoms with E-state index in [4.69, 9.17) is 0 Å². The molecule has 2 rings (SSSR count). The summed E-state index contributed by atoms with van der Waals surface area (Å²) in [5, 5.41) is 9.37. The van der Waals surface area contributed by atoms with Crippen LogP contribution in [0.2, 0.25) is 0 Å². The third kappa shape index (κ3) is 6.08. The minimum atomic E-state index is -4.30. The third-order valence-electron chi connectivity index (χ3n) is 5.62. The minimum Gasteiger partial charge on any atom is -0.396 e. The van der Waals surface area contributed by atoms with Crippen molar-refractivity contribution in [2.24, 2.45) is 5.92 Å². The monoisotopic (exact) mass is 383 g/mol. The fraction of sp³-hybridized carbons (Fsp3) is 0.636. The molecule has 0 aromatic heterocycles. The van der Waals surface area contributed by atoms with Crippen molar-refractivity contribution in [1.29, 1.82) is 0 Å². The maximum atomic E-state index is 12.8. The molecule has 0 saturated carbocycles. The molecule has 1 unspecified atom stereocenters. The summed E-state index contributed by atoms with van der Waals surface area (Å²) in [6.07, 6.45) is 0.789. The maximum Gasteiger partial charge on any atom is 0.416 e. The lowest BCUT2D eigenvalue weighted by Gasteiger charge is -2.40. The topological polar surface area (TPSA) is 23.5 Å². The summed E-state index contributed by atoms with van der Waals surface area (Å²) >= 11 is 0. The van der Waals surface area contributed by atoms with E-state index in [9.17, 15) is 18.3 Å². The molecule has 27 heavy (non-hydrogen) atoms. The van der Waals surface area contributed by atoms with E-state index in [2.05, 4.69) is 38.7 Å². The second-order valence-corrected chi connectivity index (χ2v) is 8.64. The van der Waals surface area contributed by atoms with Gasteiger partial charge in [-0.3, -0.25) is 4.90 Å². The zero-order valence-corrected chi connectivity index (χ0v) is 16.8. The first-order valence-electron chi connectivity index (χ1n) is 9.70. The molecule has 1 heterocycles. The van der Waals surface area contributed by atoms with Gasteiger partial charge in [-0.15, -0.1) is 0 Å². The normalized spacial score (nSPS) is 18.4. The molecule has 1 fully saturated rings. The fourth-order valence-corrected chi connectivity index (χ4v) is 3.90. The predicted octanol–water partition coefficient (Wildman–Crippen LogP) is 5.41. The van der Waals surface area contributed by atoms with Gasteiger partial charge in [-0.25, -0.2) is 0 Å². The number of likely N-dealkylation sites (tertiary alicyclic amines) is 1. The molecule has 1 aromatic rings. The van der Waals surface area contributed by atoms with E-state index >= 15 is 0 Å². The van der Waals surface area contributed by atoms with Gasteiger partial charge in [-0.2, -0.15) is 13.2 Å². The van der Waals surface area contributed by atoms with Crippen LogP contribution in [0.15, 0.2) is 35.9 Å². The van der Waals surface area contributed by atoms with Gasteiger partial charge in [0.25, 0.3) is 0 Å². The number of alkyl halides is 3. The Bertz CT molecular complexity index is 622. The lowest BCUT2D eigenvalue weighted by Crippen LogP contribution is -2.43. The van der Waals surface area contributed by atoms with Crippen LogP contribution in [-0.4, -0.2) is 35.7 Å². The highest BCUT2D eigenvalue weighted by Gasteiger charge is 2.33. The van der Waals surface area contributed by atoms with Gasteiger partial charge in [-0.05, 0) is 75.2 Å². The number of piperidine rings is 1. The number of hydrogen-bond donors (Lipinski definition) is 1. The number of rotatable bonds is 6. The van der Waals surface area contributed by atoms with Crippen LogP contribution in [0, 0.1) is 5.92 Å². The Labute approximate surface area is 161 Å². The van der Waals surface area contributed by atoms with Gasteiger partial charge in [-0.1, -0.05) is 37.6 Å². The number of benzene rings is 1. The summed E-state index contributed by atoms with van der Waals surface area (Å²) in [5.41, 5.74) is 1.32. The third-order valence-corrected chi connectivity index (χ3v) is 5.62. The summed E-state index contributed by atoms with van der Waals surface area (Å²) in [7, 11) is 0. The van der Waals surface area contributed by atoms with Crippen LogP contribution >= 0.6 is 0 Å². The van der Waals surface area contributed by atoms with Crippen molar-refractivity contribution in [3.8, 4) is 0 Å². The minimum absolute atomic E-state index is 0.241. The smallest absolute Gasteiger partial charge is 0.396 e. The first-order valence-corrected chi connectivity index (χ1v) is 9.70. The lowest BCUT2D eigenvalue weighted by atomic mass is 9.77. The second-order valence-electron chi connectivity index (χ2n) is 8.64. The van der Waals surface area contributed by atoms with Crippen LogP contribution in [0.4, 0.5) is 13.2 Å². The number of hydrogen-bond acceptors (Lipinski definition) is 2. The molecule has 2 nitrogen and oxygen atoms in total. The SMILES string of the molecule is CC(C)=CC(CC(C)(C)c1ccc(C(F)(F)F)cc1)N1CCC(CO)CC1. The summed E-state index contributed by atoms with van der Waals surface area (Å²) < 4.78 is 38.5. The molecule has 1 N–H and O–H groups in total. The van der Waals surface area contributed by atoms with E-state index in [0.29, 0.717) is 5.92 Å². The van der Waals surface area contributed by atoms with Crippen LogP contribution < -0.4 is 0 Å². The van der Waals surface area contributed by atoms with Gasteiger partial charge >= 0.3 is 6.18 Å². The van der Waals surface area contributed by atoms with E-state index in [1.807, 2.05) is 0 Å². The molecule has 0 spiro atoms. The van der Waals surface area contributed by atoms with Gasteiger partial charge in [0.15, 0.2) is 0 Å². The van der Waals surface area contributed by atoms with Crippen LogP contribution in [-0.2, 0) is 11.6 Å². The molecule has 1 aromatic carbocycles. The van der Waals surface area contributed by atoms with Crippen LogP contribution in [0.25, 0.3) is 0 Å². The van der Waals surface area contributed by atoms with Crippen molar-refractivity contribution in [1.82, 2.24) is 4.90 Å². The second kappa shape index (κ2) is 8.78. The Morgan fingerprint density at radius 2 is 1.63 bits per heavy atom. The molecule has 1 saturated heterocycles. The van der Waals surface area contributed by atoms with Gasteiger partial charge < -0.3 is 5.11 Å². The standard InChI is InChI=1S/C22H32F3NO/c1-16(2)13-20(26-11-9-17(15-27)10-12-26)14-21(3,4)18-5-7-19(8-6-18)22(23,24)25/h5-8,13,17,20,27H,9-12,14-15H2,1-4H3. The van der Waals surface area contributed by atoms with E-state index in [0.717, 1.165) is 37.9 Å². The highest BCUT2D eigenvalue weighted by Crippen LogP contribution is 2.35. The Hall–Kier alpha value is -1.33. The maximum absolute atomic E-state index is 12.8. The number of aliphatic hydroxyl groups is 1. The molecular formula is C22H32F3NO. The van der Waals surface area contributed by atoms with E-state index in [1.54, 1.807) is 12.1 Å². The molecule has 0 amide bonds. The molecule has 1 aliphatic heterocycles. The van der Waals surface area contributed by atoms with Crippen molar-refractivity contribution >= 4 is 0 Å². The molecule has 0 aliphatic carbocycles. The van der Waals surface area contributed by atoms with Crippen molar-refractivity contribution in [2.75, 3.05) is 19.7 Å². The molecule has 5 heteroatoms. The number of allylic oxidation sites excluding steroid dienone is 1. The number of nitrogens with zero attached hydrogens (tertiary/aromatic N) is 1. The molecule has 0 bridgehead atoms. The Kier molecular flexibility index (Phi) is 7.14. The molecule has 0 radical (unpaired) electrons. The van der Waals surface area contributed by atoms with E-state index < -0.39 is 11.7 Å². The van der Waals surface area contributed by atoms with Gasteiger partial charge in [0.1, 0.15) is 0 Å². The summed E-state index contributed by atoms with van der Waals surface area (Å²) in [6.45, 7) is 10.5. The molecule has 152 valence electrons. The fourth-order valence-electron chi connectivity index (χ4n) is 3.90. The van der Waals surface area contributed by atoms with Crippen molar-refractivity contribution in [3.05, 3.63) is 47.0 Å².